The van der Waals surface area contributed by atoms with Crippen molar-refractivity contribution in [1.29, 1.82) is 0 Å². The summed E-state index contributed by atoms with van der Waals surface area (Å²) in [6.07, 6.45) is 1.06. The minimum Gasteiger partial charge on any atom is -0.480 e. The van der Waals surface area contributed by atoms with E-state index in [1.807, 2.05) is 36.4 Å². The highest BCUT2D eigenvalue weighted by Crippen LogP contribution is 2.44. The molecule has 0 saturated heterocycles. The molecule has 0 fully saturated rings. The Bertz CT molecular complexity index is 1100. The molecule has 0 radical (unpaired) electrons. The Labute approximate surface area is 194 Å². The third kappa shape index (κ3) is 5.25. The predicted octanol–water partition coefficient (Wildman–Crippen LogP) is 5.62. The maximum atomic E-state index is 12.5. The highest BCUT2D eigenvalue weighted by atomic mass is 16.5. The first-order valence-corrected chi connectivity index (χ1v) is 11.3. The number of ether oxygens (including phenoxy) is 1. The SMILES string of the molecule is Cc1cc(C)cc(CCCC(NC(=O)OCC2c3ccccc3-c3ccccc32)C(=O)O)c1. The number of carbonyl (C=O) groups is 2. The fraction of sp³-hybridized carbons (Fsp3) is 0.286. The zero-order chi connectivity index (χ0) is 23.4. The smallest absolute Gasteiger partial charge is 0.407 e. The van der Waals surface area contributed by atoms with Crippen LogP contribution in [0.25, 0.3) is 11.1 Å². The van der Waals surface area contributed by atoms with E-state index >= 15 is 0 Å². The summed E-state index contributed by atoms with van der Waals surface area (Å²) < 4.78 is 5.50. The van der Waals surface area contributed by atoms with Crippen LogP contribution in [0.5, 0.6) is 0 Å². The van der Waals surface area contributed by atoms with Crippen LogP contribution < -0.4 is 5.32 Å². The number of carboxylic acid groups (broad SMARTS) is 1. The van der Waals surface area contributed by atoms with E-state index in [1.54, 1.807) is 0 Å². The molecule has 0 saturated carbocycles. The van der Waals surface area contributed by atoms with Crippen molar-refractivity contribution in [3.63, 3.8) is 0 Å². The number of aliphatic carboxylic acids is 1. The Balaban J connectivity index is 1.34. The summed E-state index contributed by atoms with van der Waals surface area (Å²) in [7, 11) is 0. The van der Waals surface area contributed by atoms with E-state index in [9.17, 15) is 14.7 Å². The highest BCUT2D eigenvalue weighted by Gasteiger charge is 2.29. The lowest BCUT2D eigenvalue weighted by atomic mass is 9.98. The van der Waals surface area contributed by atoms with Crippen LogP contribution in [-0.2, 0) is 16.0 Å². The maximum absolute atomic E-state index is 12.5. The number of fused-ring (bicyclic) bond motifs is 3. The standard InChI is InChI=1S/C28H29NO4/c1-18-14-19(2)16-20(15-18)8-7-13-26(27(30)31)29-28(32)33-17-25-23-11-5-3-9-21(23)22-10-4-6-12-24(22)25/h3-6,9-12,14-16,25-26H,7-8,13,17H2,1-2H3,(H,29,32)(H,30,31). The van der Waals surface area contributed by atoms with E-state index in [-0.39, 0.29) is 12.5 Å². The molecule has 1 aliphatic rings. The van der Waals surface area contributed by atoms with Crippen molar-refractivity contribution < 1.29 is 19.4 Å². The van der Waals surface area contributed by atoms with E-state index in [1.165, 1.54) is 16.7 Å². The lowest BCUT2D eigenvalue weighted by molar-refractivity contribution is -0.139. The van der Waals surface area contributed by atoms with Gasteiger partial charge in [0, 0.05) is 5.92 Å². The van der Waals surface area contributed by atoms with Gasteiger partial charge in [-0.1, -0.05) is 77.9 Å². The van der Waals surface area contributed by atoms with Crippen molar-refractivity contribution in [2.45, 2.75) is 45.1 Å². The minimum absolute atomic E-state index is 0.0593. The number of hydrogen-bond acceptors (Lipinski definition) is 3. The first kappa shape index (κ1) is 22.6. The molecule has 0 bridgehead atoms. The van der Waals surface area contributed by atoms with Crippen molar-refractivity contribution in [3.05, 3.63) is 94.5 Å². The second kappa shape index (κ2) is 9.90. The molecule has 33 heavy (non-hydrogen) atoms. The predicted molar refractivity (Wildman–Crippen MR) is 128 cm³/mol. The fourth-order valence-electron chi connectivity index (χ4n) is 4.76. The molecule has 1 atom stereocenters. The summed E-state index contributed by atoms with van der Waals surface area (Å²) in [4.78, 5) is 24.2. The fourth-order valence-corrected chi connectivity index (χ4v) is 4.76. The molecular weight excluding hydrogens is 414 g/mol. The Morgan fingerprint density at radius 3 is 2.09 bits per heavy atom. The molecule has 3 aromatic carbocycles. The molecule has 0 spiro atoms. The van der Waals surface area contributed by atoms with Crippen molar-refractivity contribution >= 4 is 12.1 Å². The molecular formula is C28H29NO4. The van der Waals surface area contributed by atoms with Gasteiger partial charge in [-0.3, -0.25) is 0 Å². The van der Waals surface area contributed by atoms with Crippen molar-refractivity contribution in [3.8, 4) is 11.1 Å². The van der Waals surface area contributed by atoms with Gasteiger partial charge in [-0.05, 0) is 60.9 Å². The molecule has 2 N–H and O–H groups in total. The van der Waals surface area contributed by atoms with E-state index < -0.39 is 18.1 Å². The first-order chi connectivity index (χ1) is 15.9. The summed E-state index contributed by atoms with van der Waals surface area (Å²) in [5.74, 6) is -1.11. The summed E-state index contributed by atoms with van der Waals surface area (Å²) in [6, 6.07) is 21.6. The largest absolute Gasteiger partial charge is 0.480 e. The van der Waals surface area contributed by atoms with Gasteiger partial charge in [-0.25, -0.2) is 9.59 Å². The van der Waals surface area contributed by atoms with Crippen LogP contribution in [0, 0.1) is 13.8 Å². The van der Waals surface area contributed by atoms with Gasteiger partial charge in [0.25, 0.3) is 0 Å². The third-order valence-corrected chi connectivity index (χ3v) is 6.17. The maximum Gasteiger partial charge on any atom is 0.407 e. The van der Waals surface area contributed by atoms with Gasteiger partial charge in [0.1, 0.15) is 12.6 Å². The van der Waals surface area contributed by atoms with E-state index in [0.717, 1.165) is 28.7 Å². The van der Waals surface area contributed by atoms with Crippen LogP contribution in [0.1, 0.15) is 46.6 Å². The molecule has 1 amide bonds. The number of hydrogen-bond donors (Lipinski definition) is 2. The number of amides is 1. The van der Waals surface area contributed by atoms with Crippen LogP contribution in [0.3, 0.4) is 0 Å². The van der Waals surface area contributed by atoms with Gasteiger partial charge in [-0.2, -0.15) is 0 Å². The van der Waals surface area contributed by atoms with Crippen molar-refractivity contribution in [2.24, 2.45) is 0 Å². The number of nitrogens with one attached hydrogen (secondary N) is 1. The molecule has 1 aliphatic carbocycles. The molecule has 3 aromatic rings. The molecule has 170 valence electrons. The van der Waals surface area contributed by atoms with Gasteiger partial charge in [0.2, 0.25) is 0 Å². The van der Waals surface area contributed by atoms with Crippen LogP contribution in [0.15, 0.2) is 66.7 Å². The Morgan fingerprint density at radius 2 is 1.52 bits per heavy atom. The van der Waals surface area contributed by atoms with Crippen LogP contribution >= 0.6 is 0 Å². The number of aryl methyl sites for hydroxylation is 3. The zero-order valence-corrected chi connectivity index (χ0v) is 19.0. The van der Waals surface area contributed by atoms with Crippen LogP contribution in [0.2, 0.25) is 0 Å². The van der Waals surface area contributed by atoms with Gasteiger partial charge in [-0.15, -0.1) is 0 Å². The van der Waals surface area contributed by atoms with Gasteiger partial charge in [0.15, 0.2) is 0 Å². The van der Waals surface area contributed by atoms with E-state index in [2.05, 4.69) is 49.5 Å². The average molecular weight is 444 g/mol. The average Bonchev–Trinajstić information content (AvgIpc) is 3.10. The van der Waals surface area contributed by atoms with E-state index in [0.29, 0.717) is 12.8 Å². The molecule has 0 heterocycles. The summed E-state index contributed by atoms with van der Waals surface area (Å²) in [5, 5.41) is 12.1. The lowest BCUT2D eigenvalue weighted by Crippen LogP contribution is -2.41. The second-order valence-electron chi connectivity index (χ2n) is 8.75. The number of carbonyl (C=O) groups excluding carboxylic acids is 1. The zero-order valence-electron chi connectivity index (χ0n) is 19.0. The quantitative estimate of drug-likeness (QED) is 0.474. The Hall–Kier alpha value is -3.60. The highest BCUT2D eigenvalue weighted by molar-refractivity contribution is 5.81. The molecule has 5 nitrogen and oxygen atoms in total. The number of rotatable bonds is 8. The number of carboxylic acids is 1. The number of benzene rings is 3. The van der Waals surface area contributed by atoms with Crippen LogP contribution in [0.4, 0.5) is 4.79 Å². The van der Waals surface area contributed by atoms with Crippen molar-refractivity contribution in [1.82, 2.24) is 5.32 Å². The molecule has 0 aromatic heterocycles. The third-order valence-electron chi connectivity index (χ3n) is 6.17. The Morgan fingerprint density at radius 1 is 0.939 bits per heavy atom. The van der Waals surface area contributed by atoms with Crippen molar-refractivity contribution in [2.75, 3.05) is 6.61 Å². The normalized spacial score (nSPS) is 13.2. The molecule has 0 aliphatic heterocycles. The monoisotopic (exact) mass is 443 g/mol. The minimum atomic E-state index is -1.05. The summed E-state index contributed by atoms with van der Waals surface area (Å²) in [6.45, 7) is 4.26. The van der Waals surface area contributed by atoms with Gasteiger partial charge in [0.05, 0.1) is 0 Å². The van der Waals surface area contributed by atoms with E-state index in [4.69, 9.17) is 4.74 Å². The van der Waals surface area contributed by atoms with Gasteiger partial charge < -0.3 is 15.2 Å². The topological polar surface area (TPSA) is 75.6 Å². The first-order valence-electron chi connectivity index (χ1n) is 11.3. The molecule has 5 heteroatoms. The van der Waals surface area contributed by atoms with Gasteiger partial charge >= 0.3 is 12.1 Å². The Kier molecular flexibility index (Phi) is 6.78. The summed E-state index contributed by atoms with van der Waals surface area (Å²) >= 11 is 0. The lowest BCUT2D eigenvalue weighted by Gasteiger charge is -2.17. The summed E-state index contributed by atoms with van der Waals surface area (Å²) in [5.41, 5.74) is 8.10. The second-order valence-corrected chi connectivity index (χ2v) is 8.75. The number of alkyl carbamates (subject to hydrolysis) is 1. The van der Waals surface area contributed by atoms with Crippen LogP contribution in [-0.4, -0.2) is 29.8 Å². The molecule has 1 unspecified atom stereocenters. The molecule has 4 rings (SSSR count).